The fourth-order valence-electron chi connectivity index (χ4n) is 1.06. The van der Waals surface area contributed by atoms with Crippen LogP contribution in [0.3, 0.4) is 0 Å². The van der Waals surface area contributed by atoms with Crippen LogP contribution in [0.15, 0.2) is 0 Å². The molecular weight excluding hydrogens is 157 g/mol. The summed E-state index contributed by atoms with van der Waals surface area (Å²) >= 11 is 0. The molecule has 1 aliphatic carbocycles. The van der Waals surface area contributed by atoms with Crippen molar-refractivity contribution in [2.75, 3.05) is 5.75 Å². The molecule has 0 heterocycles. The molecule has 2 atom stereocenters. The van der Waals surface area contributed by atoms with Gasteiger partial charge in [0.15, 0.2) is 0 Å². The summed E-state index contributed by atoms with van der Waals surface area (Å²) in [4.78, 5) is 0. The molecule has 0 saturated heterocycles. The molecule has 0 amide bonds. The van der Waals surface area contributed by atoms with E-state index in [9.17, 15) is 12.3 Å². The van der Waals surface area contributed by atoms with Gasteiger partial charge in [0.1, 0.15) is 0 Å². The quantitative estimate of drug-likeness (QED) is 0.590. The first-order valence-corrected chi connectivity index (χ1v) is 4.72. The number of rotatable bonds is 2. The average Bonchev–Trinajstić information content (AvgIpc) is 1.78. The lowest BCUT2D eigenvalue weighted by Gasteiger charge is -2.31. The molecule has 0 unspecified atom stereocenters. The van der Waals surface area contributed by atoms with Gasteiger partial charge in [-0.2, -0.15) is 8.42 Å². The summed E-state index contributed by atoms with van der Waals surface area (Å²) in [5, 5.41) is 0. The summed E-state index contributed by atoms with van der Waals surface area (Å²) in [7, 11) is -4.30. The van der Waals surface area contributed by atoms with E-state index >= 15 is 0 Å². The Morgan fingerprint density at radius 2 is 2.10 bits per heavy atom. The molecule has 0 aromatic rings. The third-order valence-corrected chi connectivity index (χ3v) is 2.72. The van der Waals surface area contributed by atoms with Crippen LogP contribution in [-0.2, 0) is 10.2 Å². The molecule has 0 spiro atoms. The van der Waals surface area contributed by atoms with E-state index in [0.29, 0.717) is 0 Å². The number of nitrogens with two attached hydrogens (primary N) is 1. The van der Waals surface area contributed by atoms with Crippen molar-refractivity contribution in [1.82, 2.24) is 0 Å². The summed E-state index contributed by atoms with van der Waals surface area (Å²) in [6.45, 7) is 0. The highest BCUT2D eigenvalue weighted by molar-refractivity contribution is 7.86. The Morgan fingerprint density at radius 3 is 2.20 bits per heavy atom. The predicted octanol–water partition coefficient (Wildman–Crippen LogP) is 0.0230. The zero-order chi connectivity index (χ0) is 7.78. The first kappa shape index (κ1) is 7.94. The standard InChI is InChI=1S/C5H10FNO2S/c6-10(8,9)3-4-1-2-5(4)7/h4-5H,1-3,7H2/t4-,5+/m0/s1. The van der Waals surface area contributed by atoms with E-state index in [1.54, 1.807) is 0 Å². The molecule has 1 rings (SSSR count). The highest BCUT2D eigenvalue weighted by Gasteiger charge is 2.31. The van der Waals surface area contributed by atoms with Crippen LogP contribution in [0.4, 0.5) is 3.89 Å². The van der Waals surface area contributed by atoms with Gasteiger partial charge in [0.25, 0.3) is 0 Å². The van der Waals surface area contributed by atoms with Gasteiger partial charge in [-0.15, -0.1) is 3.89 Å². The second-order valence-electron chi connectivity index (χ2n) is 2.71. The number of hydrogen-bond donors (Lipinski definition) is 1. The van der Waals surface area contributed by atoms with Gasteiger partial charge in [-0.25, -0.2) is 0 Å². The second-order valence-corrected chi connectivity index (χ2v) is 4.12. The first-order valence-electron chi connectivity index (χ1n) is 3.17. The fourth-order valence-corrected chi connectivity index (χ4v) is 1.98. The van der Waals surface area contributed by atoms with E-state index in [1.165, 1.54) is 0 Å². The summed E-state index contributed by atoms with van der Waals surface area (Å²) in [6.07, 6.45) is 1.56. The van der Waals surface area contributed by atoms with Crippen molar-refractivity contribution in [3.63, 3.8) is 0 Å². The Kier molecular flexibility index (Phi) is 1.96. The maximum atomic E-state index is 12.0. The monoisotopic (exact) mass is 167 g/mol. The van der Waals surface area contributed by atoms with Gasteiger partial charge in [-0.05, 0) is 18.8 Å². The van der Waals surface area contributed by atoms with Gasteiger partial charge in [-0.3, -0.25) is 0 Å². The molecule has 5 heteroatoms. The molecule has 0 aromatic heterocycles. The van der Waals surface area contributed by atoms with E-state index in [2.05, 4.69) is 0 Å². The molecular formula is C5H10FNO2S. The lowest BCUT2D eigenvalue weighted by Crippen LogP contribution is -2.42. The third kappa shape index (κ3) is 1.91. The molecule has 2 N–H and O–H groups in total. The summed E-state index contributed by atoms with van der Waals surface area (Å²) in [5.74, 6) is -0.538. The predicted molar refractivity (Wildman–Crippen MR) is 35.6 cm³/mol. The maximum Gasteiger partial charge on any atom is 0.302 e. The van der Waals surface area contributed by atoms with Gasteiger partial charge >= 0.3 is 10.2 Å². The van der Waals surface area contributed by atoms with Gasteiger partial charge < -0.3 is 5.73 Å². The zero-order valence-electron chi connectivity index (χ0n) is 5.46. The van der Waals surface area contributed by atoms with E-state index < -0.39 is 16.0 Å². The second kappa shape index (κ2) is 2.47. The third-order valence-electron chi connectivity index (χ3n) is 1.89. The lowest BCUT2D eigenvalue weighted by atomic mass is 9.82. The van der Waals surface area contributed by atoms with Crippen LogP contribution in [0.1, 0.15) is 12.8 Å². The van der Waals surface area contributed by atoms with Crippen molar-refractivity contribution in [3.05, 3.63) is 0 Å². The molecule has 60 valence electrons. The van der Waals surface area contributed by atoms with Crippen LogP contribution in [0.5, 0.6) is 0 Å². The highest BCUT2D eigenvalue weighted by atomic mass is 32.3. The van der Waals surface area contributed by atoms with E-state index in [4.69, 9.17) is 5.73 Å². The van der Waals surface area contributed by atoms with Gasteiger partial charge in [0, 0.05) is 6.04 Å². The lowest BCUT2D eigenvalue weighted by molar-refractivity contribution is 0.281. The highest BCUT2D eigenvalue weighted by Crippen LogP contribution is 2.26. The molecule has 1 aliphatic rings. The van der Waals surface area contributed by atoms with Crippen LogP contribution in [0, 0.1) is 5.92 Å². The molecule has 1 saturated carbocycles. The van der Waals surface area contributed by atoms with Crippen molar-refractivity contribution in [2.45, 2.75) is 18.9 Å². The summed E-state index contributed by atoms with van der Waals surface area (Å²) in [6, 6.07) is -0.106. The molecule has 10 heavy (non-hydrogen) atoms. The maximum absolute atomic E-state index is 12.0. The Labute approximate surface area is 59.6 Å². The molecule has 0 aliphatic heterocycles. The topological polar surface area (TPSA) is 60.2 Å². The Balaban J connectivity index is 2.40. The summed E-state index contributed by atoms with van der Waals surface area (Å²) in [5.41, 5.74) is 5.40. The largest absolute Gasteiger partial charge is 0.327 e. The van der Waals surface area contributed by atoms with Crippen LogP contribution in [0.25, 0.3) is 0 Å². The van der Waals surface area contributed by atoms with Crippen molar-refractivity contribution in [1.29, 1.82) is 0 Å². The SMILES string of the molecule is N[C@@H]1CC[C@H]1CS(=O)(=O)F. The van der Waals surface area contributed by atoms with Gasteiger partial charge in [0.2, 0.25) is 0 Å². The van der Waals surface area contributed by atoms with Crippen LogP contribution < -0.4 is 5.73 Å². The minimum absolute atomic E-state index is 0.106. The molecule has 0 aromatic carbocycles. The van der Waals surface area contributed by atoms with E-state index in [-0.39, 0.29) is 12.0 Å². The average molecular weight is 167 g/mol. The van der Waals surface area contributed by atoms with Crippen molar-refractivity contribution in [3.8, 4) is 0 Å². The zero-order valence-corrected chi connectivity index (χ0v) is 6.27. The Bertz CT molecular complexity index is 214. The Hall–Kier alpha value is -0.160. The minimum atomic E-state index is -4.30. The molecule has 0 bridgehead atoms. The normalized spacial score (nSPS) is 33.4. The smallest absolute Gasteiger partial charge is 0.302 e. The van der Waals surface area contributed by atoms with Crippen LogP contribution in [0.2, 0.25) is 0 Å². The number of hydrogen-bond acceptors (Lipinski definition) is 3. The summed E-state index contributed by atoms with van der Waals surface area (Å²) < 4.78 is 32.1. The van der Waals surface area contributed by atoms with Crippen molar-refractivity contribution in [2.24, 2.45) is 11.7 Å². The van der Waals surface area contributed by atoms with E-state index in [0.717, 1.165) is 12.8 Å². The van der Waals surface area contributed by atoms with Crippen molar-refractivity contribution < 1.29 is 12.3 Å². The van der Waals surface area contributed by atoms with Gasteiger partial charge in [0.05, 0.1) is 5.75 Å². The van der Waals surface area contributed by atoms with Crippen LogP contribution >= 0.6 is 0 Å². The molecule has 0 radical (unpaired) electrons. The Morgan fingerprint density at radius 1 is 1.50 bits per heavy atom. The van der Waals surface area contributed by atoms with Crippen molar-refractivity contribution >= 4 is 10.2 Å². The number of halogens is 1. The van der Waals surface area contributed by atoms with E-state index in [1.807, 2.05) is 0 Å². The van der Waals surface area contributed by atoms with Gasteiger partial charge in [-0.1, -0.05) is 0 Å². The molecule has 1 fully saturated rings. The molecule has 3 nitrogen and oxygen atoms in total. The fraction of sp³-hybridized carbons (Fsp3) is 1.00. The minimum Gasteiger partial charge on any atom is -0.327 e. The first-order chi connectivity index (χ1) is 4.49. The van der Waals surface area contributed by atoms with Crippen LogP contribution in [-0.4, -0.2) is 20.2 Å².